The summed E-state index contributed by atoms with van der Waals surface area (Å²) in [7, 11) is 0. The van der Waals surface area contributed by atoms with Crippen LogP contribution in [0.15, 0.2) is 36.1 Å². The largest absolute Gasteiger partial charge is 0.378 e. The van der Waals surface area contributed by atoms with Crippen LogP contribution in [0.2, 0.25) is 0 Å². The van der Waals surface area contributed by atoms with Crippen LogP contribution in [-0.4, -0.2) is 54.3 Å². The van der Waals surface area contributed by atoms with Crippen LogP contribution in [0.25, 0.3) is 10.9 Å². The van der Waals surface area contributed by atoms with Crippen molar-refractivity contribution in [3.8, 4) is 6.07 Å². The van der Waals surface area contributed by atoms with E-state index in [1.807, 2.05) is 5.38 Å². The van der Waals surface area contributed by atoms with Crippen LogP contribution in [0.4, 0.5) is 11.5 Å². The van der Waals surface area contributed by atoms with Gasteiger partial charge in [-0.3, -0.25) is 0 Å². The summed E-state index contributed by atoms with van der Waals surface area (Å²) >= 11 is 1.57. The molecule has 1 aromatic carbocycles. The second-order valence-electron chi connectivity index (χ2n) is 7.82. The van der Waals surface area contributed by atoms with Crippen molar-refractivity contribution in [3.63, 3.8) is 0 Å². The van der Waals surface area contributed by atoms with Gasteiger partial charge in [-0.2, -0.15) is 5.26 Å². The minimum atomic E-state index is -0.158. The molecule has 0 amide bonds. The van der Waals surface area contributed by atoms with Crippen LogP contribution in [0.3, 0.4) is 0 Å². The summed E-state index contributed by atoms with van der Waals surface area (Å²) in [5.74, 6) is 1.07. The second kappa shape index (κ2) is 8.54. The van der Waals surface area contributed by atoms with Gasteiger partial charge in [-0.25, -0.2) is 15.0 Å². The van der Waals surface area contributed by atoms with Crippen molar-refractivity contribution in [3.05, 3.63) is 41.1 Å². The summed E-state index contributed by atoms with van der Waals surface area (Å²) in [6.07, 6.45) is 5.53. The minimum absolute atomic E-state index is 0.158. The molecule has 2 unspecified atom stereocenters. The van der Waals surface area contributed by atoms with Crippen molar-refractivity contribution in [2.75, 3.05) is 49.2 Å². The van der Waals surface area contributed by atoms with Crippen LogP contribution in [0, 0.1) is 17.2 Å². The standard InChI is InChI=1S/C22H24N6OS/c23-13-19(22-24-5-11-30-22)16-2-1-6-28(14-16)21-18-4-3-17(12-20(18)25-15-26-21)27-7-9-29-10-8-27/h3-5,11-12,15-16,19H,1-2,6-10,14H2. The van der Waals surface area contributed by atoms with E-state index in [4.69, 9.17) is 4.74 Å². The van der Waals surface area contributed by atoms with E-state index in [0.29, 0.717) is 0 Å². The molecular weight excluding hydrogens is 396 g/mol. The first-order chi connectivity index (χ1) is 14.8. The lowest BCUT2D eigenvalue weighted by Crippen LogP contribution is -2.38. The van der Waals surface area contributed by atoms with Crippen molar-refractivity contribution in [1.29, 1.82) is 5.26 Å². The number of aromatic nitrogens is 3. The van der Waals surface area contributed by atoms with E-state index in [0.717, 1.165) is 74.0 Å². The van der Waals surface area contributed by atoms with Gasteiger partial charge >= 0.3 is 0 Å². The molecule has 0 spiro atoms. The first kappa shape index (κ1) is 19.2. The lowest BCUT2D eigenvalue weighted by Gasteiger charge is -2.35. The highest BCUT2D eigenvalue weighted by Crippen LogP contribution is 2.35. The number of ether oxygens (including phenoxy) is 1. The number of benzene rings is 1. The number of nitriles is 1. The quantitative estimate of drug-likeness (QED) is 0.640. The molecule has 2 aliphatic rings. The lowest BCUT2D eigenvalue weighted by atomic mass is 9.86. The average Bonchev–Trinajstić information content (AvgIpc) is 3.34. The summed E-state index contributed by atoms with van der Waals surface area (Å²) in [6, 6.07) is 8.96. The maximum absolute atomic E-state index is 9.79. The smallest absolute Gasteiger partial charge is 0.139 e. The molecule has 0 aliphatic carbocycles. The van der Waals surface area contributed by atoms with Gasteiger partial charge in [0.25, 0.3) is 0 Å². The Hall–Kier alpha value is -2.76. The molecule has 7 nitrogen and oxygen atoms in total. The van der Waals surface area contributed by atoms with Crippen molar-refractivity contribution >= 4 is 33.7 Å². The number of hydrogen-bond donors (Lipinski definition) is 0. The zero-order chi connectivity index (χ0) is 20.3. The number of piperidine rings is 1. The first-order valence-corrected chi connectivity index (χ1v) is 11.3. The highest BCUT2D eigenvalue weighted by atomic mass is 32.1. The van der Waals surface area contributed by atoms with Crippen molar-refractivity contribution < 1.29 is 4.74 Å². The molecule has 0 N–H and O–H groups in total. The fraction of sp³-hybridized carbons (Fsp3) is 0.455. The van der Waals surface area contributed by atoms with Crippen LogP contribution >= 0.6 is 11.3 Å². The zero-order valence-corrected chi connectivity index (χ0v) is 17.6. The van der Waals surface area contributed by atoms with Crippen LogP contribution in [0.1, 0.15) is 23.8 Å². The number of morpholine rings is 1. The summed E-state index contributed by atoms with van der Waals surface area (Å²) in [4.78, 5) is 18.3. The SMILES string of the molecule is N#CC(c1nccs1)C1CCCN(c2ncnc3cc(N4CCOCC4)ccc23)C1. The molecule has 0 radical (unpaired) electrons. The number of fused-ring (bicyclic) bond motifs is 1. The lowest BCUT2D eigenvalue weighted by molar-refractivity contribution is 0.122. The zero-order valence-electron chi connectivity index (χ0n) is 16.8. The molecule has 30 heavy (non-hydrogen) atoms. The van der Waals surface area contributed by atoms with Crippen LogP contribution in [0.5, 0.6) is 0 Å². The van der Waals surface area contributed by atoms with E-state index in [1.165, 1.54) is 5.69 Å². The van der Waals surface area contributed by atoms with Gasteiger partial charge in [0, 0.05) is 48.8 Å². The van der Waals surface area contributed by atoms with Crippen molar-refractivity contribution in [2.24, 2.45) is 5.92 Å². The van der Waals surface area contributed by atoms with Crippen LogP contribution in [-0.2, 0) is 4.74 Å². The Morgan fingerprint density at radius 1 is 1.13 bits per heavy atom. The molecule has 2 saturated heterocycles. The third kappa shape index (κ3) is 3.71. The summed E-state index contributed by atoms with van der Waals surface area (Å²) in [5, 5.41) is 13.7. The highest BCUT2D eigenvalue weighted by Gasteiger charge is 2.31. The average molecular weight is 421 g/mol. The van der Waals surface area contributed by atoms with E-state index in [9.17, 15) is 5.26 Å². The number of anilines is 2. The summed E-state index contributed by atoms with van der Waals surface area (Å²) in [6.45, 7) is 5.11. The van der Waals surface area contributed by atoms with Crippen molar-refractivity contribution in [1.82, 2.24) is 15.0 Å². The Balaban J connectivity index is 1.41. The number of nitrogens with zero attached hydrogens (tertiary/aromatic N) is 6. The van der Waals surface area contributed by atoms with E-state index in [1.54, 1.807) is 23.9 Å². The third-order valence-corrected chi connectivity index (χ3v) is 6.92. The van der Waals surface area contributed by atoms with Gasteiger partial charge in [-0.15, -0.1) is 11.3 Å². The first-order valence-electron chi connectivity index (χ1n) is 10.4. The molecule has 5 rings (SSSR count). The highest BCUT2D eigenvalue weighted by molar-refractivity contribution is 7.09. The molecule has 8 heteroatoms. The van der Waals surface area contributed by atoms with Gasteiger partial charge in [-0.1, -0.05) is 0 Å². The number of rotatable bonds is 4. The Morgan fingerprint density at radius 3 is 2.83 bits per heavy atom. The molecule has 0 bridgehead atoms. The maximum atomic E-state index is 9.79. The Bertz CT molecular complexity index is 1040. The Morgan fingerprint density at radius 2 is 2.03 bits per heavy atom. The summed E-state index contributed by atoms with van der Waals surface area (Å²) < 4.78 is 5.47. The predicted molar refractivity (Wildman–Crippen MR) is 118 cm³/mol. The number of thiazole rings is 1. The van der Waals surface area contributed by atoms with Crippen LogP contribution < -0.4 is 9.80 Å². The van der Waals surface area contributed by atoms with E-state index in [-0.39, 0.29) is 11.8 Å². The molecule has 3 aromatic rings. The molecule has 2 aliphatic heterocycles. The monoisotopic (exact) mass is 420 g/mol. The van der Waals surface area contributed by atoms with Gasteiger partial charge in [0.05, 0.1) is 24.8 Å². The second-order valence-corrected chi connectivity index (χ2v) is 8.75. The summed E-state index contributed by atoms with van der Waals surface area (Å²) in [5.41, 5.74) is 2.14. The maximum Gasteiger partial charge on any atom is 0.139 e. The molecule has 2 atom stereocenters. The number of hydrogen-bond acceptors (Lipinski definition) is 8. The molecular formula is C22H24N6OS. The Labute approximate surface area is 179 Å². The Kier molecular flexibility index (Phi) is 5.47. The van der Waals surface area contributed by atoms with Gasteiger partial charge in [0.2, 0.25) is 0 Å². The molecule has 154 valence electrons. The molecule has 2 fully saturated rings. The molecule has 0 saturated carbocycles. The third-order valence-electron chi connectivity index (χ3n) is 6.06. The fourth-order valence-electron chi connectivity index (χ4n) is 4.53. The van der Waals surface area contributed by atoms with E-state index < -0.39 is 0 Å². The molecule has 4 heterocycles. The van der Waals surface area contributed by atoms with Gasteiger partial charge in [-0.05, 0) is 37.0 Å². The fourth-order valence-corrected chi connectivity index (χ4v) is 5.30. The predicted octanol–water partition coefficient (Wildman–Crippen LogP) is 3.45. The normalized spacial score (nSPS) is 20.8. The van der Waals surface area contributed by atoms with Gasteiger partial charge in [0.1, 0.15) is 23.1 Å². The van der Waals surface area contributed by atoms with Crippen molar-refractivity contribution in [2.45, 2.75) is 18.8 Å². The van der Waals surface area contributed by atoms with E-state index in [2.05, 4.69) is 49.0 Å². The minimum Gasteiger partial charge on any atom is -0.378 e. The topological polar surface area (TPSA) is 78.2 Å². The van der Waals surface area contributed by atoms with Gasteiger partial charge < -0.3 is 14.5 Å². The molecule has 2 aromatic heterocycles. The van der Waals surface area contributed by atoms with E-state index >= 15 is 0 Å². The van der Waals surface area contributed by atoms with Gasteiger partial charge in [0.15, 0.2) is 0 Å².